The van der Waals surface area contributed by atoms with Gasteiger partial charge < -0.3 is 9.80 Å². The van der Waals surface area contributed by atoms with Gasteiger partial charge in [-0.05, 0) is 33.6 Å². The van der Waals surface area contributed by atoms with Crippen LogP contribution >= 0.6 is 0 Å². The number of carbonyl (C=O) groups excluding carboxylic acids is 2. The Morgan fingerprint density at radius 3 is 2.75 bits per heavy atom. The van der Waals surface area contributed by atoms with E-state index in [9.17, 15) is 9.59 Å². The second kappa shape index (κ2) is 7.04. The molecule has 2 aliphatic heterocycles. The molecule has 0 bridgehead atoms. The van der Waals surface area contributed by atoms with Gasteiger partial charge in [0.2, 0.25) is 5.91 Å². The van der Waals surface area contributed by atoms with Gasteiger partial charge in [0.25, 0.3) is 5.91 Å². The van der Waals surface area contributed by atoms with Crippen molar-refractivity contribution in [3.63, 3.8) is 0 Å². The van der Waals surface area contributed by atoms with Gasteiger partial charge in [-0.1, -0.05) is 11.6 Å². The highest BCUT2D eigenvalue weighted by molar-refractivity contribution is 5.95. The van der Waals surface area contributed by atoms with Crippen LogP contribution in [0.25, 0.3) is 5.65 Å². The molecule has 0 N–H and O–H groups in total. The van der Waals surface area contributed by atoms with Crippen LogP contribution in [0, 0.1) is 12.3 Å². The van der Waals surface area contributed by atoms with Gasteiger partial charge in [-0.2, -0.15) is 5.10 Å². The van der Waals surface area contributed by atoms with Gasteiger partial charge in [-0.15, -0.1) is 0 Å². The average molecular weight is 381 g/mol. The molecule has 2 fully saturated rings. The van der Waals surface area contributed by atoms with E-state index in [2.05, 4.69) is 30.0 Å². The zero-order valence-corrected chi connectivity index (χ0v) is 16.8. The number of hydrogen-bond acceptors (Lipinski definition) is 4. The van der Waals surface area contributed by atoms with Crippen LogP contribution in [0.5, 0.6) is 0 Å². The fourth-order valence-corrected chi connectivity index (χ4v) is 4.33. The number of amides is 2. The number of rotatable bonds is 3. The van der Waals surface area contributed by atoms with Crippen molar-refractivity contribution in [3.8, 4) is 0 Å². The maximum absolute atomic E-state index is 13.1. The van der Waals surface area contributed by atoms with Crippen molar-refractivity contribution in [2.75, 3.05) is 26.2 Å². The van der Waals surface area contributed by atoms with Crippen LogP contribution in [0.2, 0.25) is 0 Å². The molecule has 7 heteroatoms. The zero-order chi connectivity index (χ0) is 19.9. The normalized spacial score (nSPS) is 18.9. The molecule has 2 aliphatic rings. The Kier molecular flexibility index (Phi) is 4.69. The molecule has 148 valence electrons. The molecule has 0 atom stereocenters. The van der Waals surface area contributed by atoms with E-state index in [0.29, 0.717) is 31.6 Å². The minimum Gasteiger partial charge on any atom is -0.338 e. The maximum Gasteiger partial charge on any atom is 0.257 e. The van der Waals surface area contributed by atoms with Crippen molar-refractivity contribution < 1.29 is 9.59 Å². The van der Waals surface area contributed by atoms with E-state index in [1.165, 1.54) is 5.57 Å². The van der Waals surface area contributed by atoms with E-state index >= 15 is 0 Å². The van der Waals surface area contributed by atoms with Crippen molar-refractivity contribution in [1.29, 1.82) is 0 Å². The molecule has 28 heavy (non-hydrogen) atoms. The number of aryl methyl sites for hydroxylation is 1. The first-order valence-corrected chi connectivity index (χ1v) is 9.88. The quantitative estimate of drug-likeness (QED) is 0.766. The van der Waals surface area contributed by atoms with E-state index in [0.717, 1.165) is 30.7 Å². The van der Waals surface area contributed by atoms with E-state index in [4.69, 9.17) is 0 Å². The highest BCUT2D eigenvalue weighted by Gasteiger charge is 2.45. The Bertz CT molecular complexity index is 949. The van der Waals surface area contributed by atoms with E-state index in [1.54, 1.807) is 16.9 Å². The van der Waals surface area contributed by atoms with Crippen LogP contribution in [-0.4, -0.2) is 62.4 Å². The van der Waals surface area contributed by atoms with Gasteiger partial charge in [0.15, 0.2) is 5.65 Å². The Hall–Kier alpha value is -2.70. The third-order valence-corrected chi connectivity index (χ3v) is 6.12. The first-order valence-electron chi connectivity index (χ1n) is 9.88. The number of nitrogens with zero attached hydrogens (tertiary/aromatic N) is 5. The van der Waals surface area contributed by atoms with E-state index in [1.807, 2.05) is 22.8 Å². The predicted molar refractivity (Wildman–Crippen MR) is 106 cm³/mol. The number of fused-ring (bicyclic) bond motifs is 1. The van der Waals surface area contributed by atoms with Crippen molar-refractivity contribution in [1.82, 2.24) is 24.4 Å². The van der Waals surface area contributed by atoms with Crippen molar-refractivity contribution in [3.05, 3.63) is 41.4 Å². The molecule has 7 nitrogen and oxygen atoms in total. The first kappa shape index (κ1) is 18.7. The Morgan fingerprint density at radius 1 is 1.29 bits per heavy atom. The van der Waals surface area contributed by atoms with Crippen molar-refractivity contribution >= 4 is 17.5 Å². The van der Waals surface area contributed by atoms with Gasteiger partial charge in [-0.3, -0.25) is 9.59 Å². The van der Waals surface area contributed by atoms with E-state index in [-0.39, 0.29) is 17.2 Å². The third kappa shape index (κ3) is 3.30. The summed E-state index contributed by atoms with van der Waals surface area (Å²) in [5.74, 6) is 0.240. The molecule has 0 radical (unpaired) electrons. The lowest BCUT2D eigenvalue weighted by Gasteiger charge is -2.38. The van der Waals surface area contributed by atoms with Crippen LogP contribution in [-0.2, 0) is 4.79 Å². The summed E-state index contributed by atoms with van der Waals surface area (Å²) in [4.78, 5) is 33.7. The monoisotopic (exact) mass is 381 g/mol. The Labute approximate surface area is 165 Å². The predicted octanol–water partition coefficient (Wildman–Crippen LogP) is 2.46. The Morgan fingerprint density at radius 2 is 2.04 bits per heavy atom. The smallest absolute Gasteiger partial charge is 0.257 e. The molecule has 4 rings (SSSR count). The van der Waals surface area contributed by atoms with Gasteiger partial charge in [0, 0.05) is 50.3 Å². The number of likely N-dealkylation sites (tertiary alicyclic amines) is 2. The molecule has 2 aromatic rings. The van der Waals surface area contributed by atoms with Crippen molar-refractivity contribution in [2.45, 2.75) is 40.0 Å². The average Bonchev–Trinajstić information content (AvgIpc) is 3.26. The van der Waals surface area contributed by atoms with Crippen LogP contribution in [0.4, 0.5) is 0 Å². The molecule has 2 amide bonds. The molecule has 4 heterocycles. The van der Waals surface area contributed by atoms with Gasteiger partial charge in [0.05, 0.1) is 17.5 Å². The van der Waals surface area contributed by atoms with Gasteiger partial charge >= 0.3 is 0 Å². The van der Waals surface area contributed by atoms with Crippen LogP contribution in [0.3, 0.4) is 0 Å². The summed E-state index contributed by atoms with van der Waals surface area (Å²) in [6.07, 6.45) is 7.78. The SMILES string of the molecule is CC(C)=CCN1CC2(CCN(C(=O)c3cnc4ccnn4c3C)CC2)CC1=O. The standard InChI is InChI=1S/C21H27N5O2/c1-15(2)5-9-25-14-21(12-19(25)27)6-10-24(11-7-21)20(28)17-13-22-18-4-8-23-26(18)16(17)3/h4-5,8,13H,6-7,9-12,14H2,1-3H3. The molecule has 1 spiro atoms. The summed E-state index contributed by atoms with van der Waals surface area (Å²) in [5, 5.41) is 4.25. The van der Waals surface area contributed by atoms with Crippen LogP contribution in [0.15, 0.2) is 30.1 Å². The topological polar surface area (TPSA) is 70.8 Å². The molecule has 0 unspecified atom stereocenters. The summed E-state index contributed by atoms with van der Waals surface area (Å²) >= 11 is 0. The van der Waals surface area contributed by atoms with Crippen LogP contribution in [0.1, 0.15) is 49.2 Å². The Balaban J connectivity index is 1.44. The summed E-state index contributed by atoms with van der Waals surface area (Å²) in [6, 6.07) is 1.82. The van der Waals surface area contributed by atoms with Crippen LogP contribution < -0.4 is 0 Å². The lowest BCUT2D eigenvalue weighted by Crippen LogP contribution is -2.44. The zero-order valence-electron chi connectivity index (χ0n) is 16.8. The second-order valence-corrected chi connectivity index (χ2v) is 8.38. The molecule has 2 aromatic heterocycles. The summed E-state index contributed by atoms with van der Waals surface area (Å²) in [7, 11) is 0. The lowest BCUT2D eigenvalue weighted by atomic mass is 9.77. The van der Waals surface area contributed by atoms with Gasteiger partial charge in [-0.25, -0.2) is 9.50 Å². The fraction of sp³-hybridized carbons (Fsp3) is 0.524. The maximum atomic E-state index is 13.1. The fourth-order valence-electron chi connectivity index (χ4n) is 4.33. The van der Waals surface area contributed by atoms with Crippen molar-refractivity contribution in [2.24, 2.45) is 5.41 Å². The number of piperidine rings is 1. The molecule has 2 saturated heterocycles. The summed E-state index contributed by atoms with van der Waals surface area (Å²) < 4.78 is 1.70. The first-order chi connectivity index (χ1) is 13.4. The highest BCUT2D eigenvalue weighted by Crippen LogP contribution is 2.41. The molecule has 0 aromatic carbocycles. The largest absolute Gasteiger partial charge is 0.338 e. The van der Waals surface area contributed by atoms with Gasteiger partial charge in [0.1, 0.15) is 0 Å². The minimum atomic E-state index is 0.00275. The summed E-state index contributed by atoms with van der Waals surface area (Å²) in [6.45, 7) is 8.86. The molecular weight excluding hydrogens is 354 g/mol. The second-order valence-electron chi connectivity index (χ2n) is 8.38. The molecular formula is C21H27N5O2. The molecule has 0 aliphatic carbocycles. The summed E-state index contributed by atoms with van der Waals surface area (Å²) in [5.41, 5.74) is 3.40. The third-order valence-electron chi connectivity index (χ3n) is 6.12. The van der Waals surface area contributed by atoms with E-state index < -0.39 is 0 Å². The highest BCUT2D eigenvalue weighted by atomic mass is 16.2. The molecule has 0 saturated carbocycles. The number of allylic oxidation sites excluding steroid dienone is 1. The minimum absolute atomic E-state index is 0.00275. The number of hydrogen-bond donors (Lipinski definition) is 0. The lowest BCUT2D eigenvalue weighted by molar-refractivity contribution is -0.127. The number of carbonyl (C=O) groups is 2. The number of aromatic nitrogens is 3.